The van der Waals surface area contributed by atoms with E-state index >= 15 is 0 Å². The van der Waals surface area contributed by atoms with Crippen LogP contribution < -0.4 is 4.65 Å². The number of ketones is 1. The summed E-state index contributed by atoms with van der Waals surface area (Å²) < 4.78 is 10.7. The van der Waals surface area contributed by atoms with Gasteiger partial charge in [0.05, 0.1) is 6.61 Å². The zero-order valence-electron chi connectivity index (χ0n) is 13.7. The molecule has 124 valence electrons. The molecule has 1 aromatic rings. The lowest BCUT2D eigenvalue weighted by Crippen LogP contribution is -2.35. The molecule has 0 aliphatic carbocycles. The summed E-state index contributed by atoms with van der Waals surface area (Å²) in [5.74, 6) is -0.220. The lowest BCUT2D eigenvalue weighted by Gasteiger charge is -2.28. The van der Waals surface area contributed by atoms with Gasteiger partial charge in [0.2, 0.25) is 0 Å². The Kier molecular flexibility index (Phi) is 6.22. The molecule has 0 spiro atoms. The number of ether oxygens (including phenoxy) is 1. The highest BCUT2D eigenvalue weighted by molar-refractivity contribution is 6.47. The number of hydrogen-bond acceptors (Lipinski definition) is 5. The van der Waals surface area contributed by atoms with E-state index in [-0.39, 0.29) is 11.6 Å². The van der Waals surface area contributed by atoms with Crippen molar-refractivity contribution in [1.82, 2.24) is 0 Å². The van der Waals surface area contributed by atoms with E-state index in [4.69, 9.17) is 9.39 Å². The number of fused-ring (bicyclic) bond motifs is 1. The van der Waals surface area contributed by atoms with Crippen LogP contribution >= 0.6 is 0 Å². The van der Waals surface area contributed by atoms with Crippen molar-refractivity contribution in [1.29, 1.82) is 0 Å². The summed E-state index contributed by atoms with van der Waals surface area (Å²) in [6.07, 6.45) is 2.86. The molecule has 0 bridgehead atoms. The van der Waals surface area contributed by atoms with Gasteiger partial charge in [-0.05, 0) is 30.9 Å². The number of esters is 1. The van der Waals surface area contributed by atoms with E-state index in [1.165, 1.54) is 0 Å². The summed E-state index contributed by atoms with van der Waals surface area (Å²) in [6.45, 7) is 4.22. The SMILES string of the molecule is CCCOC(=O)c1cccc2c1OB(O)[C@@H](CC(=O)CCC)C2. The Morgan fingerprint density at radius 1 is 1.35 bits per heavy atom. The van der Waals surface area contributed by atoms with Crippen molar-refractivity contribution in [3.8, 4) is 5.75 Å². The number of hydrogen-bond donors (Lipinski definition) is 1. The first kappa shape index (κ1) is 17.5. The van der Waals surface area contributed by atoms with Crippen LogP contribution in [0.2, 0.25) is 5.82 Å². The summed E-state index contributed by atoms with van der Waals surface area (Å²) in [7, 11) is -1.08. The summed E-state index contributed by atoms with van der Waals surface area (Å²) in [5, 5.41) is 10.2. The summed E-state index contributed by atoms with van der Waals surface area (Å²) in [4.78, 5) is 23.9. The molecule has 1 aromatic carbocycles. The molecular formula is C17H23BO5. The third-order valence-corrected chi connectivity index (χ3v) is 3.90. The predicted octanol–water partition coefficient (Wildman–Crippen LogP) is 2.80. The van der Waals surface area contributed by atoms with Gasteiger partial charge in [-0.15, -0.1) is 0 Å². The lowest BCUT2D eigenvalue weighted by molar-refractivity contribution is -0.119. The minimum Gasteiger partial charge on any atom is -0.535 e. The molecule has 2 rings (SSSR count). The molecule has 6 heteroatoms. The molecular weight excluding hydrogens is 295 g/mol. The highest BCUT2D eigenvalue weighted by Crippen LogP contribution is 2.36. The fourth-order valence-electron chi connectivity index (χ4n) is 2.76. The van der Waals surface area contributed by atoms with Crippen LogP contribution in [0.5, 0.6) is 5.75 Å². The second-order valence-corrected chi connectivity index (χ2v) is 5.90. The minimum absolute atomic E-state index is 0.127. The first-order chi connectivity index (χ1) is 11.1. The Morgan fingerprint density at radius 3 is 2.83 bits per heavy atom. The molecule has 1 N–H and O–H groups in total. The Morgan fingerprint density at radius 2 is 2.13 bits per heavy atom. The van der Waals surface area contributed by atoms with E-state index < -0.39 is 13.1 Å². The van der Waals surface area contributed by atoms with Crippen LogP contribution in [-0.2, 0) is 16.0 Å². The summed E-state index contributed by atoms with van der Waals surface area (Å²) in [5.41, 5.74) is 1.16. The van der Waals surface area contributed by atoms with E-state index in [1.54, 1.807) is 12.1 Å². The van der Waals surface area contributed by atoms with Gasteiger partial charge < -0.3 is 14.4 Å². The molecule has 1 heterocycles. The van der Waals surface area contributed by atoms with Gasteiger partial charge >= 0.3 is 13.1 Å². The van der Waals surface area contributed by atoms with Gasteiger partial charge in [0.25, 0.3) is 0 Å². The van der Waals surface area contributed by atoms with Gasteiger partial charge in [-0.3, -0.25) is 4.79 Å². The van der Waals surface area contributed by atoms with E-state index in [0.29, 0.717) is 37.2 Å². The van der Waals surface area contributed by atoms with Gasteiger partial charge in [-0.1, -0.05) is 26.0 Å². The molecule has 0 fully saturated rings. The monoisotopic (exact) mass is 318 g/mol. The van der Waals surface area contributed by atoms with E-state index in [9.17, 15) is 14.6 Å². The van der Waals surface area contributed by atoms with Crippen LogP contribution in [-0.4, -0.2) is 30.5 Å². The quantitative estimate of drug-likeness (QED) is 0.618. The molecule has 5 nitrogen and oxygen atoms in total. The number of carbonyl (C=O) groups is 2. The van der Waals surface area contributed by atoms with Crippen LogP contribution in [0.3, 0.4) is 0 Å². The maximum atomic E-state index is 12.1. The van der Waals surface area contributed by atoms with Gasteiger partial charge in [0.1, 0.15) is 17.1 Å². The number of carbonyl (C=O) groups excluding carboxylic acids is 2. The van der Waals surface area contributed by atoms with E-state index in [0.717, 1.165) is 18.4 Å². The minimum atomic E-state index is -1.08. The van der Waals surface area contributed by atoms with Gasteiger partial charge in [0.15, 0.2) is 0 Å². The smallest absolute Gasteiger partial charge is 0.526 e. The first-order valence-electron chi connectivity index (χ1n) is 8.22. The first-order valence-corrected chi connectivity index (χ1v) is 8.22. The van der Waals surface area contributed by atoms with Crippen LogP contribution in [0.25, 0.3) is 0 Å². The van der Waals surface area contributed by atoms with Crippen molar-refractivity contribution < 1.29 is 24.0 Å². The Hall–Kier alpha value is -1.82. The van der Waals surface area contributed by atoms with Gasteiger partial charge in [0, 0.05) is 18.7 Å². The molecule has 1 aliphatic heterocycles. The number of benzene rings is 1. The average Bonchev–Trinajstić information content (AvgIpc) is 2.53. The molecule has 1 aliphatic rings. The van der Waals surface area contributed by atoms with Crippen molar-refractivity contribution in [3.05, 3.63) is 29.3 Å². The second kappa shape index (κ2) is 8.15. The molecule has 0 amide bonds. The predicted molar refractivity (Wildman–Crippen MR) is 87.6 cm³/mol. The Labute approximate surface area is 137 Å². The van der Waals surface area contributed by atoms with Crippen molar-refractivity contribution in [2.75, 3.05) is 6.61 Å². The Bertz CT molecular complexity index is 572. The highest BCUT2D eigenvalue weighted by Gasteiger charge is 2.37. The molecule has 0 aromatic heterocycles. The van der Waals surface area contributed by atoms with Crippen LogP contribution in [0.1, 0.15) is 55.5 Å². The zero-order chi connectivity index (χ0) is 16.8. The Balaban J connectivity index is 2.15. The topological polar surface area (TPSA) is 72.8 Å². The van der Waals surface area contributed by atoms with Gasteiger partial charge in [-0.2, -0.15) is 0 Å². The second-order valence-electron chi connectivity index (χ2n) is 5.90. The molecule has 23 heavy (non-hydrogen) atoms. The van der Waals surface area contributed by atoms with Crippen molar-refractivity contribution >= 4 is 18.9 Å². The van der Waals surface area contributed by atoms with E-state index in [2.05, 4.69) is 0 Å². The number of rotatable bonds is 7. The standard InChI is InChI=1S/C17H23BO5/c1-3-6-14(19)11-13-10-12-7-5-8-15(16(12)23-18(13)21)17(20)22-9-4-2/h5,7-8,13,21H,3-4,6,9-11H2,1-2H3/t13-/m1/s1. The fourth-order valence-corrected chi connectivity index (χ4v) is 2.76. The lowest BCUT2D eigenvalue weighted by atomic mass is 9.64. The number of para-hydroxylation sites is 1. The van der Waals surface area contributed by atoms with Crippen LogP contribution in [0, 0.1) is 0 Å². The van der Waals surface area contributed by atoms with E-state index in [1.807, 2.05) is 19.9 Å². The average molecular weight is 318 g/mol. The molecule has 0 radical (unpaired) electrons. The highest BCUT2D eigenvalue weighted by atomic mass is 16.5. The third kappa shape index (κ3) is 4.35. The maximum absolute atomic E-state index is 12.1. The third-order valence-electron chi connectivity index (χ3n) is 3.90. The summed E-state index contributed by atoms with van der Waals surface area (Å²) in [6, 6.07) is 5.26. The maximum Gasteiger partial charge on any atom is 0.526 e. The molecule has 0 unspecified atom stereocenters. The number of Topliss-reactive ketones (excluding diaryl/α,β-unsaturated/α-hetero) is 1. The fraction of sp³-hybridized carbons (Fsp3) is 0.529. The van der Waals surface area contributed by atoms with Crippen molar-refractivity contribution in [2.24, 2.45) is 0 Å². The zero-order valence-corrected chi connectivity index (χ0v) is 13.7. The van der Waals surface area contributed by atoms with Crippen LogP contribution in [0.15, 0.2) is 18.2 Å². The molecule has 0 saturated heterocycles. The largest absolute Gasteiger partial charge is 0.535 e. The van der Waals surface area contributed by atoms with Crippen molar-refractivity contribution in [3.63, 3.8) is 0 Å². The molecule has 1 atom stereocenters. The van der Waals surface area contributed by atoms with Gasteiger partial charge in [-0.25, -0.2) is 4.79 Å². The normalized spacial score (nSPS) is 16.5. The molecule has 0 saturated carbocycles. The summed E-state index contributed by atoms with van der Waals surface area (Å²) >= 11 is 0. The van der Waals surface area contributed by atoms with Crippen molar-refractivity contribution in [2.45, 2.75) is 51.8 Å². The van der Waals surface area contributed by atoms with Crippen LogP contribution in [0.4, 0.5) is 0 Å².